The fraction of sp³-hybridized carbons (Fsp3) is 0. The van der Waals surface area contributed by atoms with Crippen LogP contribution in [0.25, 0.3) is 46.4 Å². The number of aromatic nitrogens is 4. The second-order valence-corrected chi connectivity index (χ2v) is 6.66. The van der Waals surface area contributed by atoms with E-state index >= 15 is 0 Å². The largest absolute Gasteiger partial charge is 0.356 e. The standard InChI is InChI=1S/C24H18N4/c1-2-18-11-12-20-5-6-22(27-20)15-16-24-8-7-23(28-24)14-13-21-4-3-19(26-21)10-9-17(1)25-18/h1-16,25,28H. The molecule has 0 unspecified atom stereocenters. The van der Waals surface area contributed by atoms with Crippen LogP contribution in [0.1, 0.15) is 22.8 Å². The van der Waals surface area contributed by atoms with E-state index in [1.807, 2.05) is 72.8 Å². The third-order valence-corrected chi connectivity index (χ3v) is 4.56. The van der Waals surface area contributed by atoms with Gasteiger partial charge in [-0.25, -0.2) is 9.97 Å². The van der Waals surface area contributed by atoms with Crippen LogP contribution in [0.15, 0.2) is 72.8 Å². The van der Waals surface area contributed by atoms with Crippen LogP contribution in [0, 0.1) is 0 Å². The van der Waals surface area contributed by atoms with Gasteiger partial charge in [-0.2, -0.15) is 0 Å². The molecule has 0 saturated carbocycles. The predicted molar refractivity (Wildman–Crippen MR) is 116 cm³/mol. The molecule has 8 bridgehead atoms. The number of hydrogen-bond donors (Lipinski definition) is 2. The molecule has 2 aliphatic rings. The monoisotopic (exact) mass is 362 g/mol. The van der Waals surface area contributed by atoms with Gasteiger partial charge in [0.15, 0.2) is 0 Å². The van der Waals surface area contributed by atoms with Crippen LogP contribution >= 0.6 is 0 Å². The molecular formula is C24H18N4. The van der Waals surface area contributed by atoms with Gasteiger partial charge in [-0.05, 0) is 97.1 Å². The molecule has 3 aromatic heterocycles. The first kappa shape index (κ1) is 16.3. The van der Waals surface area contributed by atoms with Gasteiger partial charge in [-0.1, -0.05) is 0 Å². The lowest BCUT2D eigenvalue weighted by molar-refractivity contribution is 1.32. The van der Waals surface area contributed by atoms with E-state index < -0.39 is 0 Å². The minimum absolute atomic E-state index is 0.935. The van der Waals surface area contributed by atoms with Gasteiger partial charge in [-0.15, -0.1) is 0 Å². The Balaban J connectivity index is 1.71. The third-order valence-electron chi connectivity index (χ3n) is 4.56. The summed E-state index contributed by atoms with van der Waals surface area (Å²) >= 11 is 0. The summed E-state index contributed by atoms with van der Waals surface area (Å²) in [6, 6.07) is 24.4. The zero-order valence-corrected chi connectivity index (χ0v) is 15.1. The highest BCUT2D eigenvalue weighted by molar-refractivity contribution is 5.72. The molecule has 0 radical (unpaired) electrons. The number of nitrogens with zero attached hydrogens (tertiary/aromatic N) is 2. The minimum Gasteiger partial charge on any atom is -0.356 e. The van der Waals surface area contributed by atoms with E-state index in [9.17, 15) is 0 Å². The highest BCUT2D eigenvalue weighted by atomic mass is 14.7. The fourth-order valence-corrected chi connectivity index (χ4v) is 3.11. The highest BCUT2D eigenvalue weighted by Gasteiger charge is 1.97. The van der Waals surface area contributed by atoms with Gasteiger partial charge in [0.25, 0.3) is 0 Å². The van der Waals surface area contributed by atoms with Crippen LogP contribution in [0.2, 0.25) is 0 Å². The zero-order valence-electron chi connectivity index (χ0n) is 15.1. The molecule has 5 heterocycles. The van der Waals surface area contributed by atoms with E-state index in [0.29, 0.717) is 0 Å². The van der Waals surface area contributed by atoms with Crippen molar-refractivity contribution >= 4 is 46.4 Å². The summed E-state index contributed by atoms with van der Waals surface area (Å²) in [5.74, 6) is 0. The van der Waals surface area contributed by atoms with E-state index in [-0.39, 0.29) is 0 Å². The Morgan fingerprint density at radius 3 is 0.893 bits per heavy atom. The smallest absolute Gasteiger partial charge is 0.0638 e. The molecule has 0 spiro atoms. The van der Waals surface area contributed by atoms with Crippen LogP contribution in [0.5, 0.6) is 0 Å². The Morgan fingerprint density at radius 2 is 0.607 bits per heavy atom. The van der Waals surface area contributed by atoms with Crippen molar-refractivity contribution < 1.29 is 0 Å². The summed E-state index contributed by atoms with van der Waals surface area (Å²) in [4.78, 5) is 16.0. The van der Waals surface area contributed by atoms with E-state index in [4.69, 9.17) is 0 Å². The van der Waals surface area contributed by atoms with E-state index in [1.54, 1.807) is 0 Å². The zero-order chi connectivity index (χ0) is 18.8. The molecule has 2 aliphatic heterocycles. The second-order valence-electron chi connectivity index (χ2n) is 6.66. The van der Waals surface area contributed by atoms with Gasteiger partial charge in [0, 0.05) is 22.1 Å². The predicted octanol–water partition coefficient (Wildman–Crippen LogP) is 5.78. The molecule has 0 fully saturated rings. The molecule has 134 valence electrons. The lowest BCUT2D eigenvalue weighted by Crippen LogP contribution is -1.72. The summed E-state index contributed by atoms with van der Waals surface area (Å²) < 4.78 is 0. The quantitative estimate of drug-likeness (QED) is 0.367. The van der Waals surface area contributed by atoms with Crippen molar-refractivity contribution in [3.05, 3.63) is 95.6 Å². The van der Waals surface area contributed by atoms with E-state index in [0.717, 1.165) is 44.8 Å². The number of fused-ring (bicyclic) bond motifs is 8. The van der Waals surface area contributed by atoms with Crippen LogP contribution in [0.3, 0.4) is 0 Å². The Hall–Kier alpha value is -3.92. The summed E-state index contributed by atoms with van der Waals surface area (Å²) in [6.45, 7) is 0. The van der Waals surface area contributed by atoms with E-state index in [2.05, 4.69) is 44.2 Å². The molecule has 0 saturated heterocycles. The maximum absolute atomic E-state index is 4.62. The summed E-state index contributed by atoms with van der Waals surface area (Å²) in [5.41, 5.74) is 7.88. The minimum atomic E-state index is 0.935. The summed E-state index contributed by atoms with van der Waals surface area (Å²) in [6.07, 6.45) is 8.07. The average Bonchev–Trinajstić information content (AvgIpc) is 3.49. The first-order valence-electron chi connectivity index (χ1n) is 9.18. The highest BCUT2D eigenvalue weighted by Crippen LogP contribution is 2.13. The van der Waals surface area contributed by atoms with Gasteiger partial charge >= 0.3 is 0 Å². The molecule has 0 amide bonds. The molecule has 4 nitrogen and oxygen atoms in total. The topological polar surface area (TPSA) is 57.4 Å². The SMILES string of the molecule is C1=Cc2ccc3ccc(ccc4nc(ccc5ccc(ccc1n2)[nH]5)C=C4)[nH]3. The number of hydrogen-bond acceptors (Lipinski definition) is 2. The molecule has 0 aromatic carbocycles. The Labute approximate surface area is 162 Å². The van der Waals surface area contributed by atoms with Gasteiger partial charge in [0.05, 0.1) is 22.8 Å². The molecular weight excluding hydrogens is 344 g/mol. The Bertz CT molecular complexity index is 1120. The summed E-state index contributed by atoms with van der Waals surface area (Å²) in [5, 5.41) is 0. The van der Waals surface area contributed by atoms with Gasteiger partial charge in [-0.3, -0.25) is 0 Å². The lowest BCUT2D eigenvalue weighted by Gasteiger charge is -1.83. The number of rotatable bonds is 0. The van der Waals surface area contributed by atoms with Crippen molar-refractivity contribution in [3.8, 4) is 0 Å². The van der Waals surface area contributed by atoms with Crippen molar-refractivity contribution in [3.63, 3.8) is 0 Å². The van der Waals surface area contributed by atoms with Gasteiger partial charge in [0.1, 0.15) is 0 Å². The Kier molecular flexibility index (Phi) is 4.07. The second kappa shape index (κ2) is 7.00. The van der Waals surface area contributed by atoms with Crippen molar-refractivity contribution in [2.45, 2.75) is 0 Å². The van der Waals surface area contributed by atoms with Crippen molar-refractivity contribution in [2.75, 3.05) is 0 Å². The maximum atomic E-state index is 4.62. The number of aromatic amines is 2. The van der Waals surface area contributed by atoms with Crippen LogP contribution in [0.4, 0.5) is 0 Å². The normalized spacial score (nSPS) is 12.0. The average molecular weight is 362 g/mol. The lowest BCUT2D eigenvalue weighted by atomic mass is 10.3. The molecule has 28 heavy (non-hydrogen) atoms. The maximum Gasteiger partial charge on any atom is 0.0638 e. The van der Waals surface area contributed by atoms with Crippen molar-refractivity contribution in [2.24, 2.45) is 0 Å². The molecule has 2 N–H and O–H groups in total. The first-order valence-corrected chi connectivity index (χ1v) is 9.18. The van der Waals surface area contributed by atoms with Crippen LogP contribution in [-0.2, 0) is 0 Å². The van der Waals surface area contributed by atoms with E-state index in [1.165, 1.54) is 0 Å². The number of nitrogens with one attached hydrogen (secondary N) is 2. The first-order chi connectivity index (χ1) is 13.8. The van der Waals surface area contributed by atoms with Gasteiger partial charge < -0.3 is 9.97 Å². The molecule has 0 aliphatic carbocycles. The van der Waals surface area contributed by atoms with Crippen molar-refractivity contribution in [1.82, 2.24) is 19.9 Å². The molecule has 0 atom stereocenters. The third kappa shape index (κ3) is 3.62. The van der Waals surface area contributed by atoms with Crippen LogP contribution in [-0.4, -0.2) is 19.9 Å². The van der Waals surface area contributed by atoms with Crippen LogP contribution < -0.4 is 0 Å². The number of H-pyrrole nitrogens is 2. The molecule has 3 aromatic rings. The van der Waals surface area contributed by atoms with Gasteiger partial charge in [0.2, 0.25) is 0 Å². The summed E-state index contributed by atoms with van der Waals surface area (Å²) in [7, 11) is 0. The molecule has 5 rings (SSSR count). The van der Waals surface area contributed by atoms with Crippen molar-refractivity contribution in [1.29, 1.82) is 0 Å². The Morgan fingerprint density at radius 1 is 0.357 bits per heavy atom. The molecule has 4 heteroatoms. The fourth-order valence-electron chi connectivity index (χ4n) is 3.11.